The molecule has 2 aromatic heterocycles. The van der Waals surface area contributed by atoms with Gasteiger partial charge in [-0.2, -0.15) is 0 Å². The second-order valence-electron chi connectivity index (χ2n) is 4.45. The maximum absolute atomic E-state index is 12.2. The number of hydrogen-bond acceptors (Lipinski definition) is 3. The Labute approximate surface area is 113 Å². The third kappa shape index (κ3) is 2.01. The Hall–Kier alpha value is -2.76. The number of benzene rings is 1. The van der Waals surface area contributed by atoms with Gasteiger partial charge in [-0.05, 0) is 17.7 Å². The normalized spacial score (nSPS) is 10.8. The maximum atomic E-state index is 12.2. The van der Waals surface area contributed by atoms with Crippen molar-refractivity contribution in [2.24, 2.45) is 0 Å². The number of methoxy groups -OCH3 is 1. The van der Waals surface area contributed by atoms with Gasteiger partial charge in [0.25, 0.3) is 5.56 Å². The van der Waals surface area contributed by atoms with E-state index in [4.69, 9.17) is 4.74 Å². The molecule has 0 amide bonds. The van der Waals surface area contributed by atoms with Crippen molar-refractivity contribution in [2.75, 3.05) is 7.11 Å². The van der Waals surface area contributed by atoms with E-state index in [1.807, 2.05) is 12.1 Å². The molecule has 0 fully saturated rings. The van der Waals surface area contributed by atoms with Gasteiger partial charge in [0.1, 0.15) is 5.75 Å². The lowest BCUT2D eigenvalue weighted by atomic mass is 10.2. The second-order valence-corrected chi connectivity index (χ2v) is 4.45. The van der Waals surface area contributed by atoms with Crippen molar-refractivity contribution in [2.45, 2.75) is 6.54 Å². The minimum absolute atomic E-state index is 0.222. The molecule has 0 radical (unpaired) electrons. The number of nitrogens with one attached hydrogen (secondary N) is 2. The van der Waals surface area contributed by atoms with E-state index in [-0.39, 0.29) is 12.1 Å². The third-order valence-corrected chi connectivity index (χ3v) is 3.21. The van der Waals surface area contributed by atoms with Crippen LogP contribution in [-0.4, -0.2) is 21.6 Å². The highest BCUT2D eigenvalue weighted by atomic mass is 16.5. The van der Waals surface area contributed by atoms with Crippen LogP contribution in [0, 0.1) is 0 Å². The van der Waals surface area contributed by atoms with Gasteiger partial charge in [0.05, 0.1) is 24.6 Å². The largest absolute Gasteiger partial charge is 0.497 e. The summed E-state index contributed by atoms with van der Waals surface area (Å²) in [6.07, 6.45) is 3.17. The highest BCUT2D eigenvalue weighted by Crippen LogP contribution is 2.11. The highest BCUT2D eigenvalue weighted by Gasteiger charge is 2.08. The van der Waals surface area contributed by atoms with Gasteiger partial charge in [-0.15, -0.1) is 0 Å². The van der Waals surface area contributed by atoms with Crippen molar-refractivity contribution in [1.82, 2.24) is 14.5 Å². The highest BCUT2D eigenvalue weighted by molar-refractivity contribution is 5.76. The van der Waals surface area contributed by atoms with Gasteiger partial charge in [0.2, 0.25) is 0 Å². The second kappa shape index (κ2) is 4.73. The van der Waals surface area contributed by atoms with Gasteiger partial charge in [-0.1, -0.05) is 12.1 Å². The molecule has 0 saturated carbocycles. The van der Waals surface area contributed by atoms with Crippen molar-refractivity contribution in [3.8, 4) is 5.75 Å². The first-order chi connectivity index (χ1) is 9.69. The molecule has 0 spiro atoms. The van der Waals surface area contributed by atoms with Crippen LogP contribution in [0.4, 0.5) is 0 Å². The molecule has 1 aromatic carbocycles. The quantitative estimate of drug-likeness (QED) is 0.748. The molecule has 20 heavy (non-hydrogen) atoms. The standard InChI is InChI=1S/C14H13N3O3/c1-20-10-4-2-9(3-5-10)8-17-13(18)11-6-15-7-12(11)16-14(17)19/h2-7,15H,8H2,1H3,(H,16,19). The molecule has 0 atom stereocenters. The summed E-state index contributed by atoms with van der Waals surface area (Å²) < 4.78 is 6.25. The summed E-state index contributed by atoms with van der Waals surface area (Å²) >= 11 is 0. The van der Waals surface area contributed by atoms with Crippen molar-refractivity contribution < 1.29 is 4.74 Å². The lowest BCUT2D eigenvalue weighted by Gasteiger charge is -2.06. The number of aromatic nitrogens is 3. The Morgan fingerprint density at radius 3 is 2.60 bits per heavy atom. The predicted molar refractivity (Wildman–Crippen MR) is 75.3 cm³/mol. The summed E-state index contributed by atoms with van der Waals surface area (Å²) in [6, 6.07) is 7.24. The molecule has 0 unspecified atom stereocenters. The van der Waals surface area contributed by atoms with Gasteiger partial charge in [-0.25, -0.2) is 4.79 Å². The predicted octanol–water partition coefficient (Wildman–Crippen LogP) is 1.07. The number of nitrogens with zero attached hydrogens (tertiary/aromatic N) is 1. The first-order valence-corrected chi connectivity index (χ1v) is 6.11. The first kappa shape index (κ1) is 12.3. The topological polar surface area (TPSA) is 79.9 Å². The molecular formula is C14H13N3O3. The van der Waals surface area contributed by atoms with Crippen molar-refractivity contribution in [1.29, 1.82) is 0 Å². The van der Waals surface area contributed by atoms with Crippen LogP contribution in [-0.2, 0) is 6.54 Å². The van der Waals surface area contributed by atoms with Crippen LogP contribution in [0.3, 0.4) is 0 Å². The summed E-state index contributed by atoms with van der Waals surface area (Å²) in [5.74, 6) is 0.732. The summed E-state index contributed by atoms with van der Waals surface area (Å²) in [6.45, 7) is 0.222. The maximum Gasteiger partial charge on any atom is 0.329 e. The number of H-pyrrole nitrogens is 2. The van der Waals surface area contributed by atoms with E-state index in [1.165, 1.54) is 4.57 Å². The fourth-order valence-electron chi connectivity index (χ4n) is 2.12. The third-order valence-electron chi connectivity index (χ3n) is 3.21. The molecule has 0 aliphatic rings. The van der Waals surface area contributed by atoms with Crippen molar-refractivity contribution in [3.63, 3.8) is 0 Å². The Kier molecular flexibility index (Phi) is 2.90. The van der Waals surface area contributed by atoms with Crippen LogP contribution in [0.1, 0.15) is 5.56 Å². The minimum Gasteiger partial charge on any atom is -0.497 e. The number of hydrogen-bond donors (Lipinski definition) is 2. The Morgan fingerprint density at radius 2 is 1.90 bits per heavy atom. The van der Waals surface area contributed by atoms with E-state index in [2.05, 4.69) is 9.97 Å². The van der Waals surface area contributed by atoms with Crippen LogP contribution in [0.15, 0.2) is 46.2 Å². The molecule has 0 aliphatic heterocycles. The van der Waals surface area contributed by atoms with Crippen molar-refractivity contribution in [3.05, 3.63) is 63.1 Å². The fraction of sp³-hybridized carbons (Fsp3) is 0.143. The van der Waals surface area contributed by atoms with Gasteiger partial charge in [-0.3, -0.25) is 9.36 Å². The van der Waals surface area contributed by atoms with E-state index in [1.54, 1.807) is 31.6 Å². The Balaban J connectivity index is 2.05. The molecule has 0 saturated heterocycles. The average Bonchev–Trinajstić information content (AvgIpc) is 2.92. The molecule has 102 valence electrons. The monoisotopic (exact) mass is 271 g/mol. The average molecular weight is 271 g/mol. The Morgan fingerprint density at radius 1 is 1.15 bits per heavy atom. The minimum atomic E-state index is -0.419. The van der Waals surface area contributed by atoms with Crippen LogP contribution < -0.4 is 16.0 Å². The number of ether oxygens (including phenoxy) is 1. The van der Waals surface area contributed by atoms with Gasteiger partial charge in [0, 0.05) is 12.4 Å². The lowest BCUT2D eigenvalue weighted by Crippen LogP contribution is -2.34. The van der Waals surface area contributed by atoms with Crippen LogP contribution >= 0.6 is 0 Å². The van der Waals surface area contributed by atoms with Gasteiger partial charge in [0.15, 0.2) is 0 Å². The molecule has 3 rings (SSSR count). The molecule has 0 aliphatic carbocycles. The van der Waals surface area contributed by atoms with E-state index in [9.17, 15) is 9.59 Å². The van der Waals surface area contributed by atoms with E-state index >= 15 is 0 Å². The Bertz CT molecular complexity index is 856. The van der Waals surface area contributed by atoms with Crippen LogP contribution in [0.5, 0.6) is 5.75 Å². The zero-order valence-corrected chi connectivity index (χ0v) is 10.8. The summed E-state index contributed by atoms with van der Waals surface area (Å²) in [4.78, 5) is 29.7. The molecule has 0 bridgehead atoms. The number of fused-ring (bicyclic) bond motifs is 1. The SMILES string of the molecule is COc1ccc(Cn2c(=O)[nH]c3c[nH]cc3c2=O)cc1. The van der Waals surface area contributed by atoms with Crippen LogP contribution in [0.2, 0.25) is 0 Å². The first-order valence-electron chi connectivity index (χ1n) is 6.11. The summed E-state index contributed by atoms with van der Waals surface area (Å²) in [7, 11) is 1.59. The molecule has 6 nitrogen and oxygen atoms in total. The number of aromatic amines is 2. The zero-order chi connectivity index (χ0) is 14.1. The van der Waals surface area contributed by atoms with Gasteiger partial charge >= 0.3 is 5.69 Å². The molecule has 6 heteroatoms. The summed E-state index contributed by atoms with van der Waals surface area (Å²) in [5.41, 5.74) is 0.651. The van der Waals surface area contributed by atoms with E-state index < -0.39 is 5.69 Å². The zero-order valence-electron chi connectivity index (χ0n) is 10.8. The lowest BCUT2D eigenvalue weighted by molar-refractivity contribution is 0.414. The van der Waals surface area contributed by atoms with Crippen molar-refractivity contribution >= 4 is 10.9 Å². The number of rotatable bonds is 3. The molecular weight excluding hydrogens is 258 g/mol. The van der Waals surface area contributed by atoms with E-state index in [0.717, 1.165) is 11.3 Å². The fourth-order valence-corrected chi connectivity index (χ4v) is 2.12. The van der Waals surface area contributed by atoms with Crippen LogP contribution in [0.25, 0.3) is 10.9 Å². The smallest absolute Gasteiger partial charge is 0.329 e. The van der Waals surface area contributed by atoms with E-state index in [0.29, 0.717) is 10.9 Å². The van der Waals surface area contributed by atoms with Gasteiger partial charge < -0.3 is 14.7 Å². The molecule has 2 heterocycles. The molecule has 2 N–H and O–H groups in total. The summed E-state index contributed by atoms with van der Waals surface area (Å²) in [5, 5.41) is 0.470. The molecule has 3 aromatic rings.